The predicted octanol–water partition coefficient (Wildman–Crippen LogP) is 5.18. The molecule has 0 aliphatic heterocycles. The number of carbonyl (C=O) groups excluding carboxylic acids is 1. The van der Waals surface area contributed by atoms with E-state index in [-0.39, 0.29) is 5.97 Å². The fraction of sp³-hybridized carbons (Fsp3) is 0.227. The number of anilines is 1. The second kappa shape index (κ2) is 10.8. The molecule has 0 amide bonds. The summed E-state index contributed by atoms with van der Waals surface area (Å²) in [5, 5.41) is 3.45. The summed E-state index contributed by atoms with van der Waals surface area (Å²) in [5.74, 6) is 0.296. The largest absolute Gasteiger partial charge is 0.465 e. The molecule has 0 saturated carbocycles. The van der Waals surface area contributed by atoms with Gasteiger partial charge in [0.2, 0.25) is 0 Å². The van der Waals surface area contributed by atoms with Crippen molar-refractivity contribution in [3.63, 3.8) is 0 Å². The summed E-state index contributed by atoms with van der Waals surface area (Å²) in [7, 11) is 0. The van der Waals surface area contributed by atoms with Crippen molar-refractivity contribution in [2.75, 3.05) is 18.5 Å². The molecule has 0 saturated heterocycles. The van der Waals surface area contributed by atoms with Crippen molar-refractivity contribution >= 4 is 35.1 Å². The number of benzene rings is 2. The molecule has 1 heterocycles. The zero-order valence-electron chi connectivity index (χ0n) is 16.0. The molecule has 2 aromatic carbocycles. The number of rotatable bonds is 9. The second-order valence-corrected chi connectivity index (χ2v) is 7.64. The Labute approximate surface area is 179 Å². The van der Waals surface area contributed by atoms with E-state index in [0.29, 0.717) is 29.3 Å². The van der Waals surface area contributed by atoms with Crippen LogP contribution in [0.5, 0.6) is 0 Å². The number of thioether (sulfide) groups is 1. The van der Waals surface area contributed by atoms with Gasteiger partial charge in [-0.05, 0) is 24.5 Å². The highest BCUT2D eigenvalue weighted by Gasteiger charge is 2.25. The standard InChI is InChI=1S/C22H22ClN3O2S/c1-2-28-21(27)20(17-11-7-4-8-12-17)29-22-25-18(23)15-19(26-22)24-14-13-16-9-5-3-6-10-16/h3-12,15,20H,2,13-14H2,1H3,(H,24,25,26). The number of hydrogen-bond donors (Lipinski definition) is 1. The minimum atomic E-state index is -0.563. The van der Waals surface area contributed by atoms with Gasteiger partial charge in [0, 0.05) is 12.6 Å². The van der Waals surface area contributed by atoms with Gasteiger partial charge in [0.1, 0.15) is 16.2 Å². The fourth-order valence-corrected chi connectivity index (χ4v) is 3.93. The Morgan fingerprint density at radius 1 is 1.10 bits per heavy atom. The molecule has 0 bridgehead atoms. The molecule has 3 rings (SSSR count). The van der Waals surface area contributed by atoms with Crippen molar-refractivity contribution in [1.82, 2.24) is 9.97 Å². The van der Waals surface area contributed by atoms with Crippen molar-refractivity contribution in [1.29, 1.82) is 0 Å². The third kappa shape index (κ3) is 6.48. The molecule has 0 fully saturated rings. The van der Waals surface area contributed by atoms with E-state index in [9.17, 15) is 4.79 Å². The van der Waals surface area contributed by atoms with Crippen molar-refractivity contribution < 1.29 is 9.53 Å². The summed E-state index contributed by atoms with van der Waals surface area (Å²) in [6.45, 7) is 2.81. The molecule has 1 atom stereocenters. The van der Waals surface area contributed by atoms with Crippen LogP contribution < -0.4 is 5.32 Å². The predicted molar refractivity (Wildman–Crippen MR) is 117 cm³/mol. The quantitative estimate of drug-likeness (QED) is 0.219. The van der Waals surface area contributed by atoms with E-state index in [2.05, 4.69) is 27.4 Å². The van der Waals surface area contributed by atoms with Crippen LogP contribution in [0.4, 0.5) is 5.82 Å². The number of ether oxygens (including phenoxy) is 1. The summed E-state index contributed by atoms with van der Waals surface area (Å²) in [5.41, 5.74) is 2.07. The minimum Gasteiger partial charge on any atom is -0.465 e. The molecule has 29 heavy (non-hydrogen) atoms. The Morgan fingerprint density at radius 2 is 1.79 bits per heavy atom. The Hall–Kier alpha value is -2.57. The third-order valence-corrected chi connectivity index (χ3v) is 5.35. The van der Waals surface area contributed by atoms with Gasteiger partial charge in [-0.15, -0.1) is 0 Å². The smallest absolute Gasteiger partial charge is 0.324 e. The highest BCUT2D eigenvalue weighted by molar-refractivity contribution is 8.00. The highest BCUT2D eigenvalue weighted by atomic mass is 35.5. The molecular weight excluding hydrogens is 406 g/mol. The molecule has 0 aliphatic carbocycles. The number of nitrogens with one attached hydrogen (secondary N) is 1. The van der Waals surface area contributed by atoms with Crippen LogP contribution in [-0.2, 0) is 16.0 Å². The Bertz CT molecular complexity index is 926. The second-order valence-electron chi connectivity index (χ2n) is 6.18. The van der Waals surface area contributed by atoms with E-state index in [1.807, 2.05) is 48.5 Å². The molecule has 1 N–H and O–H groups in total. The highest BCUT2D eigenvalue weighted by Crippen LogP contribution is 2.35. The van der Waals surface area contributed by atoms with E-state index in [1.165, 1.54) is 17.3 Å². The van der Waals surface area contributed by atoms with Crippen LogP contribution >= 0.6 is 23.4 Å². The number of hydrogen-bond acceptors (Lipinski definition) is 6. The Balaban J connectivity index is 1.72. The van der Waals surface area contributed by atoms with Gasteiger partial charge >= 0.3 is 5.97 Å². The average molecular weight is 428 g/mol. The summed E-state index contributed by atoms with van der Waals surface area (Å²) < 4.78 is 5.24. The maximum Gasteiger partial charge on any atom is 0.324 e. The molecule has 0 radical (unpaired) electrons. The minimum absolute atomic E-state index is 0.311. The van der Waals surface area contributed by atoms with Crippen LogP contribution in [0.2, 0.25) is 5.15 Å². The van der Waals surface area contributed by atoms with Gasteiger partial charge in [-0.3, -0.25) is 4.79 Å². The van der Waals surface area contributed by atoms with Crippen LogP contribution in [0, 0.1) is 0 Å². The number of halogens is 1. The van der Waals surface area contributed by atoms with E-state index in [0.717, 1.165) is 12.0 Å². The van der Waals surface area contributed by atoms with Gasteiger partial charge in [-0.2, -0.15) is 0 Å². The Kier molecular flexibility index (Phi) is 7.90. The molecule has 1 unspecified atom stereocenters. The van der Waals surface area contributed by atoms with Crippen LogP contribution in [0.25, 0.3) is 0 Å². The monoisotopic (exact) mass is 427 g/mol. The first kappa shape index (κ1) is 21.1. The van der Waals surface area contributed by atoms with Crippen LogP contribution in [-0.4, -0.2) is 29.1 Å². The lowest BCUT2D eigenvalue weighted by Gasteiger charge is -2.15. The van der Waals surface area contributed by atoms with E-state index in [4.69, 9.17) is 16.3 Å². The van der Waals surface area contributed by atoms with Gasteiger partial charge in [-0.25, -0.2) is 9.97 Å². The molecular formula is C22H22ClN3O2S. The zero-order chi connectivity index (χ0) is 20.5. The maximum atomic E-state index is 12.5. The van der Waals surface area contributed by atoms with Crippen molar-refractivity contribution in [2.24, 2.45) is 0 Å². The first-order chi connectivity index (χ1) is 14.2. The van der Waals surface area contributed by atoms with Crippen LogP contribution in [0.1, 0.15) is 23.3 Å². The van der Waals surface area contributed by atoms with Crippen molar-refractivity contribution in [3.05, 3.63) is 83.0 Å². The summed E-state index contributed by atoms with van der Waals surface area (Å²) >= 11 is 7.42. The maximum absolute atomic E-state index is 12.5. The van der Waals surface area contributed by atoms with Gasteiger partial charge in [0.25, 0.3) is 0 Å². The summed E-state index contributed by atoms with van der Waals surface area (Å²) in [6, 6.07) is 21.3. The number of esters is 1. The molecule has 3 aromatic rings. The van der Waals surface area contributed by atoms with Crippen molar-refractivity contribution in [2.45, 2.75) is 23.8 Å². The SMILES string of the molecule is CCOC(=O)C(Sc1nc(Cl)cc(NCCc2ccccc2)n1)c1ccccc1. The molecule has 7 heteroatoms. The molecule has 150 valence electrons. The molecule has 0 aliphatic rings. The summed E-state index contributed by atoms with van der Waals surface area (Å²) in [6.07, 6.45) is 0.862. The van der Waals surface area contributed by atoms with E-state index < -0.39 is 5.25 Å². The lowest BCUT2D eigenvalue weighted by molar-refractivity contribution is -0.142. The Morgan fingerprint density at radius 3 is 2.48 bits per heavy atom. The molecule has 1 aromatic heterocycles. The number of nitrogens with zero attached hydrogens (tertiary/aromatic N) is 2. The molecule has 5 nitrogen and oxygen atoms in total. The van der Waals surface area contributed by atoms with Gasteiger partial charge in [0.15, 0.2) is 5.16 Å². The lowest BCUT2D eigenvalue weighted by atomic mass is 10.1. The van der Waals surface area contributed by atoms with Gasteiger partial charge < -0.3 is 10.1 Å². The average Bonchev–Trinajstić information content (AvgIpc) is 2.73. The van der Waals surface area contributed by atoms with Gasteiger partial charge in [-0.1, -0.05) is 84.0 Å². The van der Waals surface area contributed by atoms with Crippen LogP contribution in [0.15, 0.2) is 71.9 Å². The van der Waals surface area contributed by atoms with E-state index >= 15 is 0 Å². The van der Waals surface area contributed by atoms with Crippen molar-refractivity contribution in [3.8, 4) is 0 Å². The van der Waals surface area contributed by atoms with Gasteiger partial charge in [0.05, 0.1) is 6.61 Å². The normalized spacial score (nSPS) is 11.7. The molecule has 0 spiro atoms. The number of aromatic nitrogens is 2. The van der Waals surface area contributed by atoms with E-state index in [1.54, 1.807) is 13.0 Å². The summed E-state index contributed by atoms with van der Waals surface area (Å²) in [4.78, 5) is 21.3. The fourth-order valence-electron chi connectivity index (χ4n) is 2.72. The van der Waals surface area contributed by atoms with Crippen LogP contribution in [0.3, 0.4) is 0 Å². The third-order valence-electron chi connectivity index (χ3n) is 4.06. The zero-order valence-corrected chi connectivity index (χ0v) is 17.6. The lowest BCUT2D eigenvalue weighted by Crippen LogP contribution is -2.14. The topological polar surface area (TPSA) is 64.1 Å². The first-order valence-electron chi connectivity index (χ1n) is 9.36. The number of carbonyl (C=O) groups is 1. The first-order valence-corrected chi connectivity index (χ1v) is 10.6.